The first-order chi connectivity index (χ1) is 11.5. The molecule has 1 fully saturated rings. The molecule has 0 unspecified atom stereocenters. The van der Waals surface area contributed by atoms with Crippen LogP contribution in [0.15, 0.2) is 60.7 Å². The number of benzene rings is 2. The Hall–Kier alpha value is -2.14. The predicted octanol–water partition coefficient (Wildman–Crippen LogP) is 2.51. The zero-order chi connectivity index (χ0) is 17.0. The van der Waals surface area contributed by atoms with Crippen LogP contribution in [0.1, 0.15) is 29.9 Å². The van der Waals surface area contributed by atoms with Gasteiger partial charge in [0.25, 0.3) is 0 Å². The molecule has 126 valence electrons. The minimum atomic E-state index is -2.99. The number of nitrogens with one attached hydrogen (secondary N) is 1. The molecule has 0 aromatic heterocycles. The van der Waals surface area contributed by atoms with Gasteiger partial charge in [-0.1, -0.05) is 60.7 Å². The summed E-state index contributed by atoms with van der Waals surface area (Å²) < 4.78 is 23.1. The van der Waals surface area contributed by atoms with E-state index in [0.29, 0.717) is 12.8 Å². The van der Waals surface area contributed by atoms with Crippen molar-refractivity contribution < 1.29 is 13.2 Å². The van der Waals surface area contributed by atoms with Crippen LogP contribution in [-0.2, 0) is 14.6 Å². The Balaban J connectivity index is 1.74. The molecule has 3 rings (SSSR count). The molecule has 0 saturated carbocycles. The number of hydrogen-bond donors (Lipinski definition) is 1. The fourth-order valence-electron chi connectivity index (χ4n) is 3.18. The van der Waals surface area contributed by atoms with Crippen LogP contribution in [-0.4, -0.2) is 31.9 Å². The van der Waals surface area contributed by atoms with E-state index in [0.717, 1.165) is 11.1 Å². The molecule has 1 aliphatic heterocycles. The van der Waals surface area contributed by atoms with Crippen LogP contribution in [0.5, 0.6) is 0 Å². The molecule has 5 heteroatoms. The summed E-state index contributed by atoms with van der Waals surface area (Å²) in [6, 6.07) is 19.6. The van der Waals surface area contributed by atoms with Crippen LogP contribution in [0, 0.1) is 0 Å². The number of rotatable bonds is 5. The van der Waals surface area contributed by atoms with Gasteiger partial charge in [0.15, 0.2) is 9.84 Å². The Kier molecular flexibility index (Phi) is 5.00. The predicted molar refractivity (Wildman–Crippen MR) is 94.5 cm³/mol. The van der Waals surface area contributed by atoms with Crippen LogP contribution in [0.3, 0.4) is 0 Å². The molecule has 0 radical (unpaired) electrons. The van der Waals surface area contributed by atoms with Gasteiger partial charge >= 0.3 is 0 Å². The van der Waals surface area contributed by atoms with Gasteiger partial charge in [0.2, 0.25) is 5.91 Å². The molecule has 1 saturated heterocycles. The van der Waals surface area contributed by atoms with Crippen LogP contribution < -0.4 is 5.32 Å². The number of carbonyl (C=O) groups is 1. The SMILES string of the molecule is O=C(CC(c1ccccc1)c1ccccc1)N[C@H]1CCS(=O)(=O)C1. The van der Waals surface area contributed by atoms with E-state index in [9.17, 15) is 13.2 Å². The summed E-state index contributed by atoms with van der Waals surface area (Å²) in [5.74, 6) is 0.0824. The summed E-state index contributed by atoms with van der Waals surface area (Å²) in [4.78, 5) is 12.5. The molecule has 4 nitrogen and oxygen atoms in total. The molecule has 2 aromatic carbocycles. The number of hydrogen-bond acceptors (Lipinski definition) is 3. The molecule has 1 amide bonds. The maximum absolute atomic E-state index is 12.5. The molecular formula is C19H21NO3S. The van der Waals surface area contributed by atoms with Crippen molar-refractivity contribution in [2.75, 3.05) is 11.5 Å². The molecule has 0 spiro atoms. The largest absolute Gasteiger partial charge is 0.352 e. The molecule has 0 bridgehead atoms. The third kappa shape index (κ3) is 4.23. The molecule has 1 aliphatic rings. The summed E-state index contributed by atoms with van der Waals surface area (Å²) in [5.41, 5.74) is 2.16. The second-order valence-corrected chi connectivity index (χ2v) is 8.47. The lowest BCUT2D eigenvalue weighted by molar-refractivity contribution is -0.121. The van der Waals surface area contributed by atoms with Crippen molar-refractivity contribution in [1.29, 1.82) is 0 Å². The Morgan fingerprint density at radius 1 is 1.00 bits per heavy atom. The van der Waals surface area contributed by atoms with E-state index in [1.54, 1.807) is 0 Å². The van der Waals surface area contributed by atoms with Crippen LogP contribution in [0.2, 0.25) is 0 Å². The monoisotopic (exact) mass is 343 g/mol. The smallest absolute Gasteiger partial charge is 0.221 e. The lowest BCUT2D eigenvalue weighted by Crippen LogP contribution is -2.36. The minimum absolute atomic E-state index is 0.0367. The van der Waals surface area contributed by atoms with E-state index < -0.39 is 9.84 Å². The van der Waals surface area contributed by atoms with Crippen molar-refractivity contribution in [2.45, 2.75) is 24.8 Å². The summed E-state index contributed by atoms with van der Waals surface area (Å²) in [5, 5.41) is 2.89. The quantitative estimate of drug-likeness (QED) is 0.907. The van der Waals surface area contributed by atoms with Gasteiger partial charge in [-0.25, -0.2) is 8.42 Å². The van der Waals surface area contributed by atoms with E-state index in [2.05, 4.69) is 5.32 Å². The van der Waals surface area contributed by atoms with Gasteiger partial charge < -0.3 is 5.32 Å². The van der Waals surface area contributed by atoms with Gasteiger partial charge in [-0.3, -0.25) is 4.79 Å². The van der Waals surface area contributed by atoms with Gasteiger partial charge in [-0.15, -0.1) is 0 Å². The summed E-state index contributed by atoms with van der Waals surface area (Å²) in [6.07, 6.45) is 0.819. The van der Waals surface area contributed by atoms with Crippen LogP contribution in [0.4, 0.5) is 0 Å². The molecule has 1 heterocycles. The lowest BCUT2D eigenvalue weighted by atomic mass is 9.88. The zero-order valence-electron chi connectivity index (χ0n) is 13.4. The minimum Gasteiger partial charge on any atom is -0.352 e. The van der Waals surface area contributed by atoms with E-state index in [4.69, 9.17) is 0 Å². The van der Waals surface area contributed by atoms with Crippen molar-refractivity contribution >= 4 is 15.7 Å². The normalized spacial score (nSPS) is 19.3. The van der Waals surface area contributed by atoms with E-state index in [1.165, 1.54) is 0 Å². The van der Waals surface area contributed by atoms with Crippen LogP contribution >= 0.6 is 0 Å². The van der Waals surface area contributed by atoms with Gasteiger partial charge in [0, 0.05) is 18.4 Å². The molecular weight excluding hydrogens is 322 g/mol. The van der Waals surface area contributed by atoms with Crippen molar-refractivity contribution in [3.05, 3.63) is 71.8 Å². The average Bonchev–Trinajstić information content (AvgIpc) is 2.93. The summed E-state index contributed by atoms with van der Waals surface area (Å²) in [7, 11) is -2.99. The molecule has 1 N–H and O–H groups in total. The highest BCUT2D eigenvalue weighted by molar-refractivity contribution is 7.91. The fraction of sp³-hybridized carbons (Fsp3) is 0.316. The molecule has 0 aliphatic carbocycles. The molecule has 2 aromatic rings. The highest BCUT2D eigenvalue weighted by atomic mass is 32.2. The molecule has 1 atom stereocenters. The van der Waals surface area contributed by atoms with E-state index in [-0.39, 0.29) is 29.4 Å². The Morgan fingerprint density at radius 2 is 1.54 bits per heavy atom. The van der Waals surface area contributed by atoms with Crippen molar-refractivity contribution in [2.24, 2.45) is 0 Å². The first-order valence-electron chi connectivity index (χ1n) is 8.13. The van der Waals surface area contributed by atoms with Crippen molar-refractivity contribution in [1.82, 2.24) is 5.32 Å². The Labute approximate surface area is 142 Å². The number of amides is 1. The van der Waals surface area contributed by atoms with Crippen LogP contribution in [0.25, 0.3) is 0 Å². The maximum atomic E-state index is 12.5. The Bertz CT molecular complexity index is 748. The van der Waals surface area contributed by atoms with Gasteiger partial charge in [-0.2, -0.15) is 0 Å². The average molecular weight is 343 g/mol. The fourth-order valence-corrected chi connectivity index (χ4v) is 4.85. The third-order valence-electron chi connectivity index (χ3n) is 4.39. The first-order valence-corrected chi connectivity index (χ1v) is 9.95. The maximum Gasteiger partial charge on any atom is 0.221 e. The second-order valence-electron chi connectivity index (χ2n) is 6.25. The van der Waals surface area contributed by atoms with Crippen molar-refractivity contribution in [3.63, 3.8) is 0 Å². The second kappa shape index (κ2) is 7.18. The van der Waals surface area contributed by atoms with Gasteiger partial charge in [0.05, 0.1) is 11.5 Å². The van der Waals surface area contributed by atoms with E-state index >= 15 is 0 Å². The number of carbonyl (C=O) groups excluding carboxylic acids is 1. The van der Waals surface area contributed by atoms with E-state index in [1.807, 2.05) is 60.7 Å². The van der Waals surface area contributed by atoms with Crippen molar-refractivity contribution in [3.8, 4) is 0 Å². The van der Waals surface area contributed by atoms with Gasteiger partial charge in [-0.05, 0) is 17.5 Å². The first kappa shape index (κ1) is 16.7. The standard InChI is InChI=1S/C19H21NO3S/c21-19(20-17-11-12-24(22,23)14-17)13-18(15-7-3-1-4-8-15)16-9-5-2-6-10-16/h1-10,17-18H,11-14H2,(H,20,21)/t17-/m0/s1. The Morgan fingerprint density at radius 3 is 2.00 bits per heavy atom. The molecule has 24 heavy (non-hydrogen) atoms. The summed E-state index contributed by atoms with van der Waals surface area (Å²) in [6.45, 7) is 0. The third-order valence-corrected chi connectivity index (χ3v) is 6.16. The topological polar surface area (TPSA) is 63.2 Å². The highest BCUT2D eigenvalue weighted by Crippen LogP contribution is 2.28. The summed E-state index contributed by atoms with van der Waals surface area (Å²) >= 11 is 0. The number of sulfone groups is 1. The van der Waals surface area contributed by atoms with Gasteiger partial charge in [0.1, 0.15) is 0 Å². The lowest BCUT2D eigenvalue weighted by Gasteiger charge is -2.19. The zero-order valence-corrected chi connectivity index (χ0v) is 14.2. The highest BCUT2D eigenvalue weighted by Gasteiger charge is 2.29.